The van der Waals surface area contributed by atoms with Crippen molar-refractivity contribution in [1.29, 1.82) is 0 Å². The first-order valence-corrected chi connectivity index (χ1v) is 14.1. The Balaban J connectivity index is 0.000000280. The number of carbonyl (C=O) groups excluding carboxylic acids is 1. The number of rotatable bonds is 9. The number of fused-ring (bicyclic) bond motifs is 1. The maximum absolute atomic E-state index is 12.2. The van der Waals surface area contributed by atoms with Crippen LogP contribution in [0.15, 0.2) is 65.1 Å². The number of aromatic nitrogens is 1. The zero-order chi connectivity index (χ0) is 34.4. The fourth-order valence-corrected chi connectivity index (χ4v) is 4.74. The number of carboxylic acids is 2. The number of hydrogen-bond donors (Lipinski definition) is 5. The summed E-state index contributed by atoms with van der Waals surface area (Å²) in [4.78, 5) is 39.0. The third-order valence-corrected chi connectivity index (χ3v) is 7.17. The van der Waals surface area contributed by atoms with E-state index in [-0.39, 0.29) is 40.8 Å². The molecule has 13 heteroatoms. The fraction of sp³-hybridized carbons (Fsp3) is 0.176. The summed E-state index contributed by atoms with van der Waals surface area (Å²) in [5.41, 5.74) is 8.98. The number of methoxy groups -OCH3 is 2. The molecule has 0 fully saturated rings. The molecule has 0 aliphatic heterocycles. The SMILES string of the molecule is COc1c(C)c(N)c(O)c(C(=O)O)c1C.COc1cc(C(=O)O)c2oc(-c3ccc(NC(=O)COc4ccccc4C)cc3)nc2c1. The van der Waals surface area contributed by atoms with Crippen LogP contribution >= 0.6 is 0 Å². The molecule has 5 aromatic rings. The molecule has 0 atom stereocenters. The van der Waals surface area contributed by atoms with E-state index in [0.29, 0.717) is 45.1 Å². The largest absolute Gasteiger partial charge is 0.505 e. The second kappa shape index (κ2) is 14.2. The molecule has 0 aliphatic carbocycles. The first-order chi connectivity index (χ1) is 22.4. The number of aromatic carboxylic acids is 2. The van der Waals surface area contributed by atoms with Crippen LogP contribution in [-0.4, -0.2) is 59.0 Å². The van der Waals surface area contributed by atoms with Gasteiger partial charge in [0, 0.05) is 28.4 Å². The molecule has 1 amide bonds. The van der Waals surface area contributed by atoms with E-state index in [1.807, 2.05) is 31.2 Å². The van der Waals surface area contributed by atoms with Gasteiger partial charge >= 0.3 is 11.9 Å². The highest BCUT2D eigenvalue weighted by molar-refractivity contribution is 6.01. The van der Waals surface area contributed by atoms with Gasteiger partial charge in [-0.15, -0.1) is 0 Å². The molecule has 1 aromatic heterocycles. The number of para-hydroxylation sites is 1. The summed E-state index contributed by atoms with van der Waals surface area (Å²) in [5, 5.41) is 30.7. The van der Waals surface area contributed by atoms with Crippen molar-refractivity contribution in [2.24, 2.45) is 0 Å². The number of nitrogens with two attached hydrogens (primary N) is 1. The van der Waals surface area contributed by atoms with Gasteiger partial charge in [0.15, 0.2) is 17.9 Å². The Morgan fingerprint density at radius 1 is 0.915 bits per heavy atom. The standard InChI is InChI=1S/C24H20N2O6.C10H13NO4/c1-14-5-3-4-6-20(14)31-13-21(27)25-16-9-7-15(8-10-16)23-26-19-12-17(30-2)11-18(24(28)29)22(19)32-23;1-4-6(10(13)14)8(12)7(11)5(2)9(4)15-3/h3-12H,13H2,1-2H3,(H,25,27)(H,28,29);12H,11H2,1-3H3,(H,13,14). The minimum atomic E-state index is -1.23. The molecule has 4 aromatic carbocycles. The maximum Gasteiger partial charge on any atom is 0.339 e. The predicted molar refractivity (Wildman–Crippen MR) is 174 cm³/mol. The highest BCUT2D eigenvalue weighted by Gasteiger charge is 2.22. The summed E-state index contributed by atoms with van der Waals surface area (Å²) in [6, 6.07) is 17.3. The number of nitrogens with zero attached hydrogens (tertiary/aromatic N) is 1. The number of carbonyl (C=O) groups is 3. The van der Waals surface area contributed by atoms with E-state index in [2.05, 4.69) is 10.3 Å². The van der Waals surface area contributed by atoms with Crippen molar-refractivity contribution in [3.8, 4) is 34.5 Å². The lowest BCUT2D eigenvalue weighted by molar-refractivity contribution is -0.118. The summed E-state index contributed by atoms with van der Waals surface area (Å²) in [6.45, 7) is 5.02. The molecule has 0 aliphatic rings. The van der Waals surface area contributed by atoms with Crippen LogP contribution in [-0.2, 0) is 4.79 Å². The van der Waals surface area contributed by atoms with E-state index < -0.39 is 17.7 Å². The Hall–Kier alpha value is -6.24. The summed E-state index contributed by atoms with van der Waals surface area (Å²) in [6.07, 6.45) is 0. The number of aryl methyl sites for hydroxylation is 1. The topological polar surface area (TPSA) is 204 Å². The number of oxazole rings is 1. The van der Waals surface area contributed by atoms with Crippen LogP contribution in [0.3, 0.4) is 0 Å². The molecule has 0 saturated carbocycles. The molecule has 5 rings (SSSR count). The fourth-order valence-electron chi connectivity index (χ4n) is 4.74. The van der Waals surface area contributed by atoms with Crippen LogP contribution in [0.5, 0.6) is 23.0 Å². The highest BCUT2D eigenvalue weighted by atomic mass is 16.5. The van der Waals surface area contributed by atoms with Gasteiger partial charge < -0.3 is 45.0 Å². The summed E-state index contributed by atoms with van der Waals surface area (Å²) in [5.74, 6) is -1.37. The Morgan fingerprint density at radius 3 is 2.19 bits per heavy atom. The third kappa shape index (κ3) is 7.36. The quantitative estimate of drug-likeness (QED) is 0.0951. The van der Waals surface area contributed by atoms with Crippen LogP contribution in [0.4, 0.5) is 11.4 Å². The second-order valence-electron chi connectivity index (χ2n) is 10.3. The minimum Gasteiger partial charge on any atom is -0.505 e. The Bertz CT molecular complexity index is 1970. The molecule has 0 unspecified atom stereocenters. The zero-order valence-corrected chi connectivity index (χ0v) is 26.2. The summed E-state index contributed by atoms with van der Waals surface area (Å²) < 4.78 is 21.5. The summed E-state index contributed by atoms with van der Waals surface area (Å²) >= 11 is 0. The average molecular weight is 644 g/mol. The van der Waals surface area contributed by atoms with Gasteiger partial charge in [0.05, 0.1) is 19.9 Å². The van der Waals surface area contributed by atoms with Crippen molar-refractivity contribution >= 4 is 40.3 Å². The van der Waals surface area contributed by atoms with E-state index in [9.17, 15) is 24.6 Å². The van der Waals surface area contributed by atoms with Gasteiger partial charge in [-0.25, -0.2) is 14.6 Å². The molecule has 0 saturated heterocycles. The van der Waals surface area contributed by atoms with E-state index in [0.717, 1.165) is 5.56 Å². The van der Waals surface area contributed by atoms with Gasteiger partial charge in [-0.1, -0.05) is 18.2 Å². The smallest absolute Gasteiger partial charge is 0.339 e. The van der Waals surface area contributed by atoms with Crippen molar-refractivity contribution in [3.63, 3.8) is 0 Å². The van der Waals surface area contributed by atoms with E-state index in [1.165, 1.54) is 20.3 Å². The molecule has 6 N–H and O–H groups in total. The number of amides is 1. The molecule has 47 heavy (non-hydrogen) atoms. The lowest BCUT2D eigenvalue weighted by Gasteiger charge is -2.15. The van der Waals surface area contributed by atoms with E-state index in [4.69, 9.17) is 29.5 Å². The van der Waals surface area contributed by atoms with E-state index in [1.54, 1.807) is 44.2 Å². The predicted octanol–water partition coefficient (Wildman–Crippen LogP) is 5.83. The average Bonchev–Trinajstić information content (AvgIpc) is 3.48. The molecule has 0 bridgehead atoms. The van der Waals surface area contributed by atoms with Crippen molar-refractivity contribution in [2.45, 2.75) is 20.8 Å². The molecular formula is C34H33N3O10. The number of nitrogen functional groups attached to an aromatic ring is 1. The van der Waals surface area contributed by atoms with Crippen LogP contribution < -0.4 is 25.3 Å². The number of aromatic hydroxyl groups is 1. The molecule has 244 valence electrons. The number of benzene rings is 4. The van der Waals surface area contributed by atoms with E-state index >= 15 is 0 Å². The van der Waals surface area contributed by atoms with Gasteiger partial charge in [0.1, 0.15) is 33.9 Å². The first-order valence-electron chi connectivity index (χ1n) is 14.1. The Labute approximate surface area is 269 Å². The lowest BCUT2D eigenvalue weighted by Crippen LogP contribution is -2.20. The normalized spacial score (nSPS) is 10.5. The molecule has 0 spiro atoms. The van der Waals surface area contributed by atoms with Crippen LogP contribution in [0.2, 0.25) is 0 Å². The highest BCUT2D eigenvalue weighted by Crippen LogP contribution is 2.39. The van der Waals surface area contributed by atoms with Gasteiger partial charge in [0.2, 0.25) is 5.89 Å². The number of nitrogens with one attached hydrogen (secondary N) is 1. The Morgan fingerprint density at radius 2 is 1.60 bits per heavy atom. The van der Waals surface area contributed by atoms with Crippen LogP contribution in [0.25, 0.3) is 22.6 Å². The van der Waals surface area contributed by atoms with Crippen molar-refractivity contribution < 1.29 is 48.3 Å². The van der Waals surface area contributed by atoms with Gasteiger partial charge in [-0.3, -0.25) is 4.79 Å². The molecular weight excluding hydrogens is 610 g/mol. The summed E-state index contributed by atoms with van der Waals surface area (Å²) in [7, 11) is 2.88. The molecule has 1 heterocycles. The number of anilines is 2. The third-order valence-electron chi connectivity index (χ3n) is 7.17. The van der Waals surface area contributed by atoms with Crippen molar-refractivity contribution in [1.82, 2.24) is 4.98 Å². The number of hydrogen-bond acceptors (Lipinski definition) is 10. The zero-order valence-electron chi connectivity index (χ0n) is 26.2. The van der Waals surface area contributed by atoms with Crippen molar-refractivity contribution in [3.05, 3.63) is 88.5 Å². The van der Waals surface area contributed by atoms with Gasteiger partial charge in [-0.2, -0.15) is 0 Å². The molecule has 0 radical (unpaired) electrons. The van der Waals surface area contributed by atoms with Crippen LogP contribution in [0.1, 0.15) is 37.4 Å². The van der Waals surface area contributed by atoms with Crippen molar-refractivity contribution in [2.75, 3.05) is 31.9 Å². The second-order valence-corrected chi connectivity index (χ2v) is 10.3. The molecule has 13 nitrogen and oxygen atoms in total. The van der Waals surface area contributed by atoms with Gasteiger partial charge in [0.25, 0.3) is 5.91 Å². The number of carboxylic acid groups (broad SMARTS) is 2. The monoisotopic (exact) mass is 643 g/mol. The maximum atomic E-state index is 12.2. The lowest BCUT2D eigenvalue weighted by atomic mass is 10.0. The number of ether oxygens (including phenoxy) is 3. The minimum absolute atomic E-state index is 0.0318. The first kappa shape index (κ1) is 33.6. The van der Waals surface area contributed by atoms with Crippen LogP contribution in [0, 0.1) is 20.8 Å². The number of phenols is 1. The van der Waals surface area contributed by atoms with Gasteiger partial charge in [-0.05, 0) is 62.7 Å². The Kier molecular flexibility index (Phi) is 10.2.